The lowest BCUT2D eigenvalue weighted by atomic mass is 9.83. The average molecular weight is 280 g/mol. The van der Waals surface area contributed by atoms with E-state index in [1.54, 1.807) is 0 Å². The SMILES string of the molecule is CCC1CCCC(N2CC(=O)NC(CC(C)C)C2=O)C1. The number of amides is 2. The molecule has 2 aliphatic rings. The summed E-state index contributed by atoms with van der Waals surface area (Å²) in [6.07, 6.45) is 6.51. The summed E-state index contributed by atoms with van der Waals surface area (Å²) in [5.41, 5.74) is 0. The molecule has 0 aromatic heterocycles. The molecule has 1 saturated carbocycles. The third-order valence-corrected chi connectivity index (χ3v) is 4.71. The zero-order chi connectivity index (χ0) is 14.7. The van der Waals surface area contributed by atoms with Crippen LogP contribution in [0.4, 0.5) is 0 Å². The van der Waals surface area contributed by atoms with Gasteiger partial charge in [-0.1, -0.05) is 40.0 Å². The first-order valence-electron chi connectivity index (χ1n) is 8.11. The first-order valence-corrected chi connectivity index (χ1v) is 8.11. The third-order valence-electron chi connectivity index (χ3n) is 4.71. The Kier molecular flexibility index (Phi) is 5.06. The van der Waals surface area contributed by atoms with Gasteiger partial charge in [-0.2, -0.15) is 0 Å². The second-order valence-corrected chi connectivity index (χ2v) is 6.81. The largest absolute Gasteiger partial charge is 0.343 e. The van der Waals surface area contributed by atoms with Crippen LogP contribution in [0.25, 0.3) is 0 Å². The van der Waals surface area contributed by atoms with Crippen molar-refractivity contribution in [3.05, 3.63) is 0 Å². The van der Waals surface area contributed by atoms with Crippen LogP contribution < -0.4 is 5.32 Å². The molecule has 2 amide bonds. The Bertz CT molecular complexity index is 367. The van der Waals surface area contributed by atoms with Crippen LogP contribution in [0.2, 0.25) is 0 Å². The van der Waals surface area contributed by atoms with Crippen molar-refractivity contribution in [2.75, 3.05) is 6.54 Å². The van der Waals surface area contributed by atoms with E-state index in [9.17, 15) is 9.59 Å². The maximum absolute atomic E-state index is 12.6. The Morgan fingerprint density at radius 3 is 2.70 bits per heavy atom. The van der Waals surface area contributed by atoms with Gasteiger partial charge >= 0.3 is 0 Å². The van der Waals surface area contributed by atoms with Gasteiger partial charge in [-0.3, -0.25) is 9.59 Å². The lowest BCUT2D eigenvalue weighted by molar-refractivity contribution is -0.148. The van der Waals surface area contributed by atoms with Crippen molar-refractivity contribution in [1.82, 2.24) is 10.2 Å². The maximum Gasteiger partial charge on any atom is 0.245 e. The number of carbonyl (C=O) groups excluding carboxylic acids is 2. The van der Waals surface area contributed by atoms with Crippen molar-refractivity contribution in [3.8, 4) is 0 Å². The molecule has 20 heavy (non-hydrogen) atoms. The number of rotatable bonds is 4. The Morgan fingerprint density at radius 1 is 1.30 bits per heavy atom. The van der Waals surface area contributed by atoms with Gasteiger partial charge < -0.3 is 10.2 Å². The van der Waals surface area contributed by atoms with Gasteiger partial charge in [0.2, 0.25) is 11.8 Å². The highest BCUT2D eigenvalue weighted by molar-refractivity contribution is 5.95. The minimum Gasteiger partial charge on any atom is -0.343 e. The highest BCUT2D eigenvalue weighted by atomic mass is 16.2. The molecule has 4 heteroatoms. The number of piperazine rings is 1. The quantitative estimate of drug-likeness (QED) is 0.859. The van der Waals surface area contributed by atoms with E-state index >= 15 is 0 Å². The van der Waals surface area contributed by atoms with Gasteiger partial charge in [0.05, 0.1) is 6.54 Å². The van der Waals surface area contributed by atoms with Crippen LogP contribution in [-0.2, 0) is 9.59 Å². The van der Waals surface area contributed by atoms with Crippen molar-refractivity contribution in [1.29, 1.82) is 0 Å². The molecule has 1 N–H and O–H groups in total. The fourth-order valence-corrected chi connectivity index (χ4v) is 3.59. The van der Waals surface area contributed by atoms with E-state index in [0.29, 0.717) is 5.92 Å². The zero-order valence-electron chi connectivity index (χ0n) is 13.0. The van der Waals surface area contributed by atoms with Gasteiger partial charge in [-0.05, 0) is 31.1 Å². The van der Waals surface area contributed by atoms with Gasteiger partial charge in [-0.15, -0.1) is 0 Å². The minimum absolute atomic E-state index is 0.00821. The molecule has 0 radical (unpaired) electrons. The number of nitrogens with one attached hydrogen (secondary N) is 1. The summed E-state index contributed by atoms with van der Waals surface area (Å²) in [4.78, 5) is 26.4. The molecule has 1 saturated heterocycles. The molecule has 0 bridgehead atoms. The fraction of sp³-hybridized carbons (Fsp3) is 0.875. The van der Waals surface area contributed by atoms with Crippen LogP contribution in [0.5, 0.6) is 0 Å². The lowest BCUT2D eigenvalue weighted by Crippen LogP contribution is -2.61. The molecule has 2 fully saturated rings. The van der Waals surface area contributed by atoms with E-state index in [1.807, 2.05) is 4.90 Å². The van der Waals surface area contributed by atoms with E-state index in [2.05, 4.69) is 26.1 Å². The predicted octanol–water partition coefficient (Wildman–Crippen LogP) is 2.33. The van der Waals surface area contributed by atoms with Gasteiger partial charge in [0.25, 0.3) is 0 Å². The molecule has 4 nitrogen and oxygen atoms in total. The molecule has 114 valence electrons. The summed E-state index contributed by atoms with van der Waals surface area (Å²) in [6, 6.07) is -0.0276. The highest BCUT2D eigenvalue weighted by Gasteiger charge is 2.38. The monoisotopic (exact) mass is 280 g/mol. The van der Waals surface area contributed by atoms with E-state index in [1.165, 1.54) is 19.3 Å². The molecule has 0 aromatic carbocycles. The van der Waals surface area contributed by atoms with Gasteiger partial charge in [-0.25, -0.2) is 0 Å². The molecule has 2 rings (SSSR count). The molecule has 0 aromatic rings. The molecular weight excluding hydrogens is 252 g/mol. The van der Waals surface area contributed by atoms with Crippen LogP contribution in [0.3, 0.4) is 0 Å². The van der Waals surface area contributed by atoms with Gasteiger partial charge in [0.15, 0.2) is 0 Å². The summed E-state index contributed by atoms with van der Waals surface area (Å²) in [7, 11) is 0. The number of carbonyl (C=O) groups is 2. The van der Waals surface area contributed by atoms with Crippen LogP contribution in [0.15, 0.2) is 0 Å². The summed E-state index contributed by atoms with van der Waals surface area (Å²) >= 11 is 0. The van der Waals surface area contributed by atoms with Gasteiger partial charge in [0.1, 0.15) is 6.04 Å². The predicted molar refractivity (Wildman–Crippen MR) is 79.1 cm³/mol. The Hall–Kier alpha value is -1.06. The topological polar surface area (TPSA) is 49.4 Å². The Labute approximate surface area is 122 Å². The number of hydrogen-bond donors (Lipinski definition) is 1. The average Bonchev–Trinajstić information content (AvgIpc) is 2.42. The highest BCUT2D eigenvalue weighted by Crippen LogP contribution is 2.31. The number of hydrogen-bond acceptors (Lipinski definition) is 2. The summed E-state index contributed by atoms with van der Waals surface area (Å²) in [5.74, 6) is 1.28. The molecule has 1 aliphatic carbocycles. The molecule has 3 unspecified atom stereocenters. The van der Waals surface area contributed by atoms with E-state index in [4.69, 9.17) is 0 Å². The number of nitrogens with zero attached hydrogens (tertiary/aromatic N) is 1. The second kappa shape index (κ2) is 6.59. The molecule has 0 spiro atoms. The molecular formula is C16H28N2O2. The summed E-state index contributed by atoms with van der Waals surface area (Å²) < 4.78 is 0. The van der Waals surface area contributed by atoms with Crippen LogP contribution in [0, 0.1) is 11.8 Å². The zero-order valence-corrected chi connectivity index (χ0v) is 13.0. The first-order chi connectivity index (χ1) is 9.51. The lowest BCUT2D eigenvalue weighted by Gasteiger charge is -2.41. The van der Waals surface area contributed by atoms with Crippen molar-refractivity contribution in [2.45, 2.75) is 71.4 Å². The van der Waals surface area contributed by atoms with Crippen LogP contribution >= 0.6 is 0 Å². The molecule has 1 aliphatic heterocycles. The summed E-state index contributed by atoms with van der Waals surface area (Å²) in [5, 5.41) is 2.86. The van der Waals surface area contributed by atoms with Crippen molar-refractivity contribution in [3.63, 3.8) is 0 Å². The maximum atomic E-state index is 12.6. The summed E-state index contributed by atoms with van der Waals surface area (Å²) in [6.45, 7) is 6.66. The standard InChI is InChI=1S/C16H28N2O2/c1-4-12-6-5-7-13(9-12)18-10-15(19)17-14(16(18)20)8-11(2)3/h11-14H,4-10H2,1-3H3,(H,17,19). The normalized spacial score (nSPS) is 31.6. The second-order valence-electron chi connectivity index (χ2n) is 6.81. The Balaban J connectivity index is 2.05. The van der Waals surface area contributed by atoms with Crippen LogP contribution in [-0.4, -0.2) is 35.3 Å². The van der Waals surface area contributed by atoms with Crippen molar-refractivity contribution < 1.29 is 9.59 Å². The first kappa shape index (κ1) is 15.3. The third kappa shape index (κ3) is 3.53. The Morgan fingerprint density at radius 2 is 2.05 bits per heavy atom. The minimum atomic E-state index is -0.307. The van der Waals surface area contributed by atoms with Crippen molar-refractivity contribution in [2.24, 2.45) is 11.8 Å². The smallest absolute Gasteiger partial charge is 0.245 e. The van der Waals surface area contributed by atoms with E-state index in [-0.39, 0.29) is 30.4 Å². The van der Waals surface area contributed by atoms with Crippen molar-refractivity contribution >= 4 is 11.8 Å². The van der Waals surface area contributed by atoms with Gasteiger partial charge in [0, 0.05) is 6.04 Å². The van der Waals surface area contributed by atoms with E-state index in [0.717, 1.165) is 25.2 Å². The molecule has 3 atom stereocenters. The van der Waals surface area contributed by atoms with E-state index < -0.39 is 0 Å². The fourth-order valence-electron chi connectivity index (χ4n) is 3.59. The van der Waals surface area contributed by atoms with Crippen LogP contribution in [0.1, 0.15) is 59.3 Å². The molecule has 1 heterocycles.